The van der Waals surface area contributed by atoms with Crippen molar-refractivity contribution in [3.05, 3.63) is 204 Å². The number of hydrogen-bond donors (Lipinski definition) is 6. The Hall–Kier alpha value is -13.7. The van der Waals surface area contributed by atoms with Gasteiger partial charge in [-0.3, -0.25) is 18.7 Å². The van der Waals surface area contributed by atoms with Gasteiger partial charge in [0.2, 0.25) is 23.8 Å². The van der Waals surface area contributed by atoms with Gasteiger partial charge in [0.25, 0.3) is 33.2 Å². The number of aromatic nitrogens is 6. The second-order valence-electron chi connectivity index (χ2n) is 24.9. The van der Waals surface area contributed by atoms with Gasteiger partial charge in [0.1, 0.15) is 46.1 Å². The van der Waals surface area contributed by atoms with Gasteiger partial charge in [0, 0.05) is 86.5 Å². The summed E-state index contributed by atoms with van der Waals surface area (Å²) in [6, 6.07) is 44.8. The first-order valence-corrected chi connectivity index (χ1v) is 38.6. The van der Waals surface area contributed by atoms with Gasteiger partial charge in [-0.15, -0.1) is 0 Å². The highest BCUT2D eigenvalue weighted by Crippen LogP contribution is 2.38. The molecule has 38 heteroatoms. The highest BCUT2D eigenvalue weighted by Gasteiger charge is 2.26. The van der Waals surface area contributed by atoms with E-state index < -0.39 is 43.7 Å². The maximum Gasteiger partial charge on any atom is 0.335 e. The molecule has 0 atom stereocenters. The van der Waals surface area contributed by atoms with E-state index in [1.165, 1.54) is 42.5 Å². The van der Waals surface area contributed by atoms with Crippen LogP contribution < -0.4 is 48.9 Å². The molecule has 0 spiro atoms. The molecule has 10 aromatic rings. The lowest BCUT2D eigenvalue weighted by molar-refractivity contribution is -0.121. The molecule has 114 heavy (non-hydrogen) atoms. The molecule has 36 nitrogen and oxygen atoms in total. The summed E-state index contributed by atoms with van der Waals surface area (Å²) in [6.45, 7) is 5.86. The molecule has 1 fully saturated rings. The third-order valence-corrected chi connectivity index (χ3v) is 17.9. The quantitative estimate of drug-likeness (QED) is 0.00899. The molecule has 0 unspecified atom stereocenters. The number of benzene rings is 8. The third-order valence-electron chi connectivity index (χ3n) is 16.3. The van der Waals surface area contributed by atoms with Crippen LogP contribution in [0.1, 0.15) is 83.0 Å². The lowest BCUT2D eigenvalue weighted by atomic mass is 10.1. The van der Waals surface area contributed by atoms with Crippen LogP contribution in [-0.4, -0.2) is 155 Å². The SMILES string of the molecule is CCCOc1cc(N=Nc2cccc(OC=O)c2)ccc1Cc1nc(Cc2ccc(N=Nc3cccc(C(=O)O)c3)cc2OCCCS(=O)(=O)O)nc(N2CCN(c3nc(Nc4ccc(N=Nc5cccc(OC=O)c5)cc4OCCC)nc(Nc4ccc(N=Nc5cccc(C(=O)O)c5)cc4OCCCS(=O)(=O)O)n3)CC2)n1. The summed E-state index contributed by atoms with van der Waals surface area (Å²) in [6.07, 6.45) is 1.22. The Balaban J connectivity index is 0.946. The number of carboxylic acid groups (broad SMARTS) is 2. The van der Waals surface area contributed by atoms with Crippen LogP contribution in [0.3, 0.4) is 0 Å². The van der Waals surface area contributed by atoms with Crippen molar-refractivity contribution in [1.29, 1.82) is 0 Å². The van der Waals surface area contributed by atoms with Gasteiger partial charge < -0.3 is 59.1 Å². The molecule has 1 aliphatic heterocycles. The predicted molar refractivity (Wildman–Crippen MR) is 416 cm³/mol. The molecule has 0 radical (unpaired) electrons. The lowest BCUT2D eigenvalue weighted by Crippen LogP contribution is -2.48. The van der Waals surface area contributed by atoms with Gasteiger partial charge in [0.15, 0.2) is 0 Å². The van der Waals surface area contributed by atoms with E-state index in [9.17, 15) is 55.3 Å². The molecule has 6 N–H and O–H groups in total. The topological polar surface area (TPSA) is 480 Å². The van der Waals surface area contributed by atoms with E-state index in [1.54, 1.807) is 121 Å². The van der Waals surface area contributed by atoms with Gasteiger partial charge in [-0.25, -0.2) is 14.6 Å². The fraction of sp³-hybridized carbons (Fsp3) is 0.237. The standard InChI is InChI=1S/C76H74N18O18S2/c1-3-31-107-65-43-57(90-87-55-15-7-17-61(41-55)111-47-95)21-19-49(65)39-69-79-70(40-50-20-22-58(44-66(50)109-33-9-35-113(101,102)103)89-85-53-13-5-11-51(37-53)71(97)98)81-75(80-69)93-27-29-94(30-28-93)76-83-73(77-63-25-23-59(45-67(63)108-32-4-2)92-88-56-16-8-18-62(42-56)112-48-96)82-74(84-76)78-64-26-24-60(46-68(64)110-34-10-36-114(104,105)106)91-86-54-14-6-12-52(38-54)72(99)100/h5-8,11-26,37-38,41-48H,3-4,9-10,27-36,39-40H2,1-2H3,(H,97,98)(H,99,100)(H,101,102,103)(H,104,105,106)(H2,77,78,82,83,84). The summed E-state index contributed by atoms with van der Waals surface area (Å²) in [5, 5.41) is 60.5. The lowest BCUT2D eigenvalue weighted by Gasteiger charge is -2.35. The summed E-state index contributed by atoms with van der Waals surface area (Å²) in [5.41, 5.74) is 4.61. The molecule has 2 aromatic heterocycles. The minimum absolute atomic E-state index is 0.000741. The molecule has 11 rings (SSSR count). The summed E-state index contributed by atoms with van der Waals surface area (Å²) in [4.78, 5) is 79.5. The van der Waals surface area contributed by atoms with Gasteiger partial charge >= 0.3 is 11.9 Å². The van der Waals surface area contributed by atoms with Crippen LogP contribution in [0, 0.1) is 0 Å². The second-order valence-corrected chi connectivity index (χ2v) is 28.0. The predicted octanol–water partition coefficient (Wildman–Crippen LogP) is 15.1. The average molecular weight is 1590 g/mol. The smallest absolute Gasteiger partial charge is 0.335 e. The maximum atomic E-state index is 11.8. The van der Waals surface area contributed by atoms with Crippen molar-refractivity contribution >= 4 is 126 Å². The molecule has 0 amide bonds. The van der Waals surface area contributed by atoms with Crippen molar-refractivity contribution in [2.24, 2.45) is 40.9 Å². The Morgan fingerprint density at radius 1 is 0.421 bits per heavy atom. The normalized spacial score (nSPS) is 12.5. The summed E-state index contributed by atoms with van der Waals surface area (Å²) in [5.74, 6) is -0.659. The van der Waals surface area contributed by atoms with Crippen LogP contribution in [0.25, 0.3) is 0 Å². The maximum absolute atomic E-state index is 11.8. The highest BCUT2D eigenvalue weighted by molar-refractivity contribution is 7.86. The molecule has 0 saturated carbocycles. The number of rotatable bonds is 40. The van der Waals surface area contributed by atoms with E-state index in [0.717, 1.165) is 0 Å². The van der Waals surface area contributed by atoms with Crippen LogP contribution >= 0.6 is 0 Å². The molecule has 588 valence electrons. The number of hydrogen-bond acceptors (Lipinski definition) is 32. The largest absolute Gasteiger partial charge is 0.493 e. The Bertz CT molecular complexity index is 5150. The highest BCUT2D eigenvalue weighted by atomic mass is 32.2. The third kappa shape index (κ3) is 24.6. The molecular formula is C76H74N18O18S2. The molecule has 3 heterocycles. The summed E-state index contributed by atoms with van der Waals surface area (Å²) in [7, 11) is -8.71. The zero-order valence-corrected chi connectivity index (χ0v) is 62.7. The number of anilines is 6. The first-order valence-electron chi connectivity index (χ1n) is 35.3. The number of aromatic carboxylic acids is 2. The van der Waals surface area contributed by atoms with Crippen molar-refractivity contribution < 1.29 is 83.8 Å². The van der Waals surface area contributed by atoms with Crippen molar-refractivity contribution in [3.63, 3.8) is 0 Å². The fourth-order valence-corrected chi connectivity index (χ4v) is 11.9. The summed E-state index contributed by atoms with van der Waals surface area (Å²) < 4.78 is 101. The van der Waals surface area contributed by atoms with E-state index in [0.29, 0.717) is 102 Å². The number of azo groups is 4. The van der Waals surface area contributed by atoms with E-state index in [-0.39, 0.29) is 152 Å². The van der Waals surface area contributed by atoms with Crippen molar-refractivity contribution in [3.8, 4) is 34.5 Å². The average Bonchev–Trinajstić information content (AvgIpc) is 0.796. The Morgan fingerprint density at radius 2 is 0.763 bits per heavy atom. The Kier molecular flexibility index (Phi) is 28.0. The van der Waals surface area contributed by atoms with Crippen molar-refractivity contribution in [2.45, 2.75) is 52.4 Å². The number of nitrogens with zero attached hydrogens (tertiary/aromatic N) is 16. The van der Waals surface area contributed by atoms with Gasteiger partial charge in [0.05, 0.1) is 106 Å². The molecule has 8 aromatic carbocycles. The molecule has 1 saturated heterocycles. The number of carbonyl (C=O) groups excluding carboxylic acids is 2. The number of ether oxygens (including phenoxy) is 6. The van der Waals surface area contributed by atoms with Crippen LogP contribution in [0.2, 0.25) is 0 Å². The number of piperazine rings is 1. The van der Waals surface area contributed by atoms with Crippen LogP contribution in [0.5, 0.6) is 34.5 Å². The van der Waals surface area contributed by atoms with Crippen molar-refractivity contribution in [2.75, 3.05) is 84.5 Å². The number of carboxylic acids is 2. The monoisotopic (exact) mass is 1590 g/mol. The number of carbonyl (C=O) groups is 4. The van der Waals surface area contributed by atoms with E-state index in [1.807, 2.05) is 29.7 Å². The Labute approximate surface area is 652 Å². The fourth-order valence-electron chi connectivity index (χ4n) is 10.9. The zero-order chi connectivity index (χ0) is 80.4. The first-order chi connectivity index (χ1) is 55.1. The molecular weight excluding hydrogens is 1520 g/mol. The molecule has 1 aliphatic rings. The van der Waals surface area contributed by atoms with Crippen LogP contribution in [0.4, 0.5) is 80.7 Å². The Morgan fingerprint density at radius 3 is 1.15 bits per heavy atom. The van der Waals surface area contributed by atoms with Gasteiger partial charge in [-0.05, 0) is 123 Å². The van der Waals surface area contributed by atoms with E-state index in [4.69, 9.17) is 58.3 Å². The van der Waals surface area contributed by atoms with Crippen molar-refractivity contribution in [1.82, 2.24) is 29.9 Å². The molecule has 0 aliphatic carbocycles. The van der Waals surface area contributed by atoms with E-state index >= 15 is 0 Å². The second kappa shape index (κ2) is 39.3. The molecule has 0 bridgehead atoms. The minimum Gasteiger partial charge on any atom is -0.493 e. The van der Waals surface area contributed by atoms with Crippen LogP contribution in [-0.2, 0) is 42.7 Å². The van der Waals surface area contributed by atoms with Gasteiger partial charge in [-0.2, -0.15) is 82.7 Å². The minimum atomic E-state index is -4.36. The zero-order valence-electron chi connectivity index (χ0n) is 61.1. The van der Waals surface area contributed by atoms with Gasteiger partial charge in [-0.1, -0.05) is 50.2 Å². The first kappa shape index (κ1) is 81.3. The summed E-state index contributed by atoms with van der Waals surface area (Å²) >= 11 is 0. The van der Waals surface area contributed by atoms with E-state index in [2.05, 4.69) is 51.5 Å². The van der Waals surface area contributed by atoms with Crippen LogP contribution in [0.15, 0.2) is 211 Å². The number of nitrogens with one attached hydrogen (secondary N) is 2.